The van der Waals surface area contributed by atoms with Crippen molar-refractivity contribution in [3.8, 4) is 0 Å². The van der Waals surface area contributed by atoms with Crippen molar-refractivity contribution in [1.29, 1.82) is 0 Å². The number of allylic oxidation sites excluding steroid dienone is 1. The third-order valence-electron chi connectivity index (χ3n) is 7.74. The Kier molecular flexibility index (Phi) is 21.0. The first-order valence-electron chi connectivity index (χ1n) is 15.8. The fraction of sp³-hybridized carbons (Fsp3) is 0.486. The van der Waals surface area contributed by atoms with Gasteiger partial charge < -0.3 is 34.5 Å². The number of benzene rings is 2. The zero-order valence-corrected chi connectivity index (χ0v) is 28.6. The van der Waals surface area contributed by atoms with Crippen LogP contribution in [0.4, 0.5) is 11.4 Å². The molecule has 47 heavy (non-hydrogen) atoms. The largest absolute Gasteiger partial charge is 0.367 e. The number of aryl methyl sites for hydroxylation is 2. The molecular formula is C37H57N5O5. The Morgan fingerprint density at radius 2 is 1.51 bits per heavy atom. The standard InChI is InChI=1S/C26H39N5O3.C8H10.2CH2O.CH4/c1-5-20-25-21(27-26(20)34)11-10-12-22(25)30-15-17-31(18-16-30)23(32)13-8-7-9-14-29(6-2)24(33)19-28(3)4;1-7-4-3-5-8(2)6-7;2*1-2;/h5,10-12H,6-9,13-19H2,1-4H3,(H,27,34);3-6H,1-2H3;2*1H2;1H4/b20-5-;;;;. The molecule has 0 spiro atoms. The summed E-state index contributed by atoms with van der Waals surface area (Å²) in [7, 11) is 3.81. The van der Waals surface area contributed by atoms with E-state index in [0.29, 0.717) is 31.6 Å². The summed E-state index contributed by atoms with van der Waals surface area (Å²) in [6.45, 7) is 16.9. The van der Waals surface area contributed by atoms with Gasteiger partial charge in [-0.25, -0.2) is 0 Å². The van der Waals surface area contributed by atoms with E-state index in [1.54, 1.807) is 0 Å². The molecule has 3 amide bonds. The Morgan fingerprint density at radius 1 is 0.915 bits per heavy atom. The summed E-state index contributed by atoms with van der Waals surface area (Å²) in [5.41, 5.74) is 6.28. The van der Waals surface area contributed by atoms with Crippen LogP contribution >= 0.6 is 0 Å². The number of amides is 3. The molecule has 0 radical (unpaired) electrons. The van der Waals surface area contributed by atoms with E-state index in [-0.39, 0.29) is 25.1 Å². The van der Waals surface area contributed by atoms with Crippen molar-refractivity contribution in [2.45, 2.75) is 60.8 Å². The minimum absolute atomic E-state index is 0. The Morgan fingerprint density at radius 3 is 2.02 bits per heavy atom. The summed E-state index contributed by atoms with van der Waals surface area (Å²) in [5, 5.41) is 2.94. The van der Waals surface area contributed by atoms with Crippen LogP contribution in [0.3, 0.4) is 0 Å². The summed E-state index contributed by atoms with van der Waals surface area (Å²) in [5.74, 6) is 0.315. The minimum Gasteiger partial charge on any atom is -0.367 e. The molecule has 2 aromatic rings. The summed E-state index contributed by atoms with van der Waals surface area (Å²) in [4.78, 5) is 61.2. The van der Waals surface area contributed by atoms with Gasteiger partial charge in [0.1, 0.15) is 13.6 Å². The quantitative estimate of drug-likeness (QED) is 0.277. The summed E-state index contributed by atoms with van der Waals surface area (Å²) < 4.78 is 0. The molecule has 2 aromatic carbocycles. The van der Waals surface area contributed by atoms with E-state index in [4.69, 9.17) is 9.59 Å². The second-order valence-corrected chi connectivity index (χ2v) is 11.4. The van der Waals surface area contributed by atoms with E-state index in [9.17, 15) is 14.4 Å². The van der Waals surface area contributed by atoms with Crippen LogP contribution in [0, 0.1) is 13.8 Å². The number of unbranched alkanes of at least 4 members (excludes halogenated alkanes) is 2. The number of hydrogen-bond acceptors (Lipinski definition) is 7. The molecule has 0 bridgehead atoms. The van der Waals surface area contributed by atoms with Crippen molar-refractivity contribution in [2.24, 2.45) is 0 Å². The molecule has 0 atom stereocenters. The first kappa shape index (κ1) is 42.7. The van der Waals surface area contributed by atoms with Gasteiger partial charge in [0.25, 0.3) is 5.91 Å². The van der Waals surface area contributed by atoms with Crippen molar-refractivity contribution in [2.75, 3.05) is 70.1 Å². The summed E-state index contributed by atoms with van der Waals surface area (Å²) in [6, 6.07) is 14.4. The lowest BCUT2D eigenvalue weighted by molar-refractivity contribution is -0.132. The molecule has 4 rings (SSSR count). The van der Waals surface area contributed by atoms with Crippen LogP contribution in [0.5, 0.6) is 0 Å². The lowest BCUT2D eigenvalue weighted by atomic mass is 10.0. The normalized spacial score (nSPS) is 13.9. The highest BCUT2D eigenvalue weighted by Gasteiger charge is 2.30. The van der Waals surface area contributed by atoms with Gasteiger partial charge in [-0.3, -0.25) is 14.4 Å². The maximum absolute atomic E-state index is 12.7. The maximum atomic E-state index is 12.7. The summed E-state index contributed by atoms with van der Waals surface area (Å²) >= 11 is 0. The van der Waals surface area contributed by atoms with E-state index in [0.717, 1.165) is 62.4 Å². The van der Waals surface area contributed by atoms with Gasteiger partial charge in [0.15, 0.2) is 0 Å². The summed E-state index contributed by atoms with van der Waals surface area (Å²) in [6.07, 6.45) is 5.14. The fourth-order valence-electron chi connectivity index (χ4n) is 5.52. The van der Waals surface area contributed by atoms with Crippen LogP contribution in [-0.2, 0) is 24.0 Å². The molecule has 1 saturated heterocycles. The smallest absolute Gasteiger partial charge is 0.256 e. The third-order valence-corrected chi connectivity index (χ3v) is 7.74. The molecule has 260 valence electrons. The van der Waals surface area contributed by atoms with Gasteiger partial charge in [0.05, 0.1) is 12.2 Å². The van der Waals surface area contributed by atoms with E-state index >= 15 is 0 Å². The van der Waals surface area contributed by atoms with E-state index in [1.807, 2.05) is 74.4 Å². The lowest BCUT2D eigenvalue weighted by Gasteiger charge is -2.37. The molecule has 0 saturated carbocycles. The first-order valence-corrected chi connectivity index (χ1v) is 15.8. The van der Waals surface area contributed by atoms with E-state index in [2.05, 4.69) is 54.4 Å². The number of piperazine rings is 1. The molecule has 2 heterocycles. The second-order valence-electron chi connectivity index (χ2n) is 11.4. The number of anilines is 2. The highest BCUT2D eigenvalue weighted by Crippen LogP contribution is 2.39. The fourth-order valence-corrected chi connectivity index (χ4v) is 5.52. The number of carbonyl (C=O) groups excluding carboxylic acids is 5. The van der Waals surface area contributed by atoms with Crippen LogP contribution < -0.4 is 10.2 Å². The van der Waals surface area contributed by atoms with Gasteiger partial charge in [0, 0.05) is 62.5 Å². The SMILES string of the molecule is C.C/C=C1\C(=O)Nc2cccc(N3CCN(C(=O)CCCCCN(CC)C(=O)CN(C)C)CC3)c21.C=O.C=O.Cc1cccc(C)c1. The van der Waals surface area contributed by atoms with Crippen molar-refractivity contribution >= 4 is 48.2 Å². The lowest BCUT2D eigenvalue weighted by Crippen LogP contribution is -2.49. The number of rotatable bonds is 10. The highest BCUT2D eigenvalue weighted by atomic mass is 16.2. The van der Waals surface area contributed by atoms with Gasteiger partial charge in [-0.05, 0) is 66.8 Å². The number of hydrogen-bond donors (Lipinski definition) is 1. The van der Waals surface area contributed by atoms with Crippen molar-refractivity contribution in [1.82, 2.24) is 14.7 Å². The monoisotopic (exact) mass is 651 g/mol. The molecule has 10 heteroatoms. The third kappa shape index (κ3) is 13.5. The molecule has 0 aliphatic carbocycles. The highest BCUT2D eigenvalue weighted by molar-refractivity contribution is 6.33. The predicted molar refractivity (Wildman–Crippen MR) is 194 cm³/mol. The number of nitrogens with one attached hydrogen (secondary N) is 1. The molecule has 1 fully saturated rings. The Labute approximate surface area is 282 Å². The van der Waals surface area contributed by atoms with Crippen molar-refractivity contribution < 1.29 is 24.0 Å². The van der Waals surface area contributed by atoms with Crippen LogP contribution in [0.25, 0.3) is 5.57 Å². The second kappa shape index (κ2) is 23.1. The van der Waals surface area contributed by atoms with Crippen molar-refractivity contribution in [3.05, 3.63) is 65.2 Å². The Balaban J connectivity index is 0.00000139. The maximum Gasteiger partial charge on any atom is 0.256 e. The van der Waals surface area contributed by atoms with Gasteiger partial charge >= 0.3 is 0 Å². The van der Waals surface area contributed by atoms with Crippen LogP contribution in [0.2, 0.25) is 0 Å². The van der Waals surface area contributed by atoms with Gasteiger partial charge in [-0.2, -0.15) is 0 Å². The molecular weight excluding hydrogens is 594 g/mol. The molecule has 0 aromatic heterocycles. The average molecular weight is 652 g/mol. The number of nitrogens with zero attached hydrogens (tertiary/aromatic N) is 4. The zero-order chi connectivity index (χ0) is 34.6. The predicted octanol–water partition coefficient (Wildman–Crippen LogP) is 5.23. The number of likely N-dealkylation sites (N-methyl/N-ethyl adjacent to an activating group) is 2. The molecule has 2 aliphatic heterocycles. The van der Waals surface area contributed by atoms with Crippen LogP contribution in [-0.4, -0.2) is 106 Å². The van der Waals surface area contributed by atoms with Gasteiger partial charge in [-0.15, -0.1) is 0 Å². The Hall–Kier alpha value is -4.31. The minimum atomic E-state index is -0.0529. The Bertz CT molecular complexity index is 1270. The van der Waals surface area contributed by atoms with Crippen LogP contribution in [0.15, 0.2) is 48.5 Å². The van der Waals surface area contributed by atoms with Crippen molar-refractivity contribution in [3.63, 3.8) is 0 Å². The molecule has 0 unspecified atom stereocenters. The molecule has 2 aliphatic rings. The van der Waals surface area contributed by atoms with Gasteiger partial charge in [-0.1, -0.05) is 61.4 Å². The van der Waals surface area contributed by atoms with Crippen LogP contribution in [0.1, 0.15) is 63.6 Å². The van der Waals surface area contributed by atoms with E-state index in [1.165, 1.54) is 11.1 Å². The zero-order valence-electron chi connectivity index (χ0n) is 28.6. The molecule has 10 nitrogen and oxygen atoms in total. The van der Waals surface area contributed by atoms with Gasteiger partial charge in [0.2, 0.25) is 11.8 Å². The number of fused-ring (bicyclic) bond motifs is 1. The molecule has 1 N–H and O–H groups in total. The average Bonchev–Trinajstić information content (AvgIpc) is 3.39. The first-order chi connectivity index (χ1) is 22.1. The topological polar surface area (TPSA) is 110 Å². The number of carbonyl (C=O) groups is 5. The van der Waals surface area contributed by atoms with E-state index < -0.39 is 0 Å².